The first kappa shape index (κ1) is 20.5. The summed E-state index contributed by atoms with van der Waals surface area (Å²) in [7, 11) is 3.86. The van der Waals surface area contributed by atoms with Gasteiger partial charge in [0.2, 0.25) is 11.5 Å². The minimum Gasteiger partial charge on any atom is -0.493 e. The number of rotatable bonds is 8. The van der Waals surface area contributed by atoms with E-state index in [1.54, 1.807) is 30.3 Å². The number of aliphatic hydroxyl groups is 1. The molecular formula is C20H18NO7P. The first-order chi connectivity index (χ1) is 14.1. The van der Waals surface area contributed by atoms with Gasteiger partial charge >= 0.3 is 8.69 Å². The number of pyridine rings is 1. The van der Waals surface area contributed by atoms with Gasteiger partial charge in [-0.1, -0.05) is 6.07 Å². The third-order valence-electron chi connectivity index (χ3n) is 4.36. The van der Waals surface area contributed by atoms with Crippen LogP contribution in [0.25, 0.3) is 10.9 Å². The average Bonchev–Trinajstić information content (AvgIpc) is 2.77. The van der Waals surface area contributed by atoms with Gasteiger partial charge in [0.15, 0.2) is 11.5 Å². The summed E-state index contributed by atoms with van der Waals surface area (Å²) in [6.07, 6.45) is 0. The maximum Gasteiger partial charge on any atom is 0.395 e. The minimum absolute atomic E-state index is 0.189. The average molecular weight is 415 g/mol. The topological polar surface area (TPSA) is 104 Å². The highest BCUT2D eigenvalue weighted by Crippen LogP contribution is 2.39. The van der Waals surface area contributed by atoms with Gasteiger partial charge in [-0.15, -0.1) is 0 Å². The molecule has 0 spiro atoms. The number of fused-ring (bicyclic) bond motifs is 1. The molecular weight excluding hydrogens is 397 g/mol. The maximum absolute atomic E-state index is 13.0. The SMILES string of the molecule is COc1cc(C(=O)c2ccc3c(OP=O)c(CO)ccc3n2)cc(OC)c1OC. The normalized spacial score (nSPS) is 10.8. The second-order valence-corrected chi connectivity index (χ2v) is 6.22. The number of aliphatic hydroxyl groups excluding tert-OH is 1. The summed E-state index contributed by atoms with van der Waals surface area (Å²) in [4.78, 5) is 17.4. The van der Waals surface area contributed by atoms with Gasteiger partial charge in [0.25, 0.3) is 0 Å². The number of nitrogens with zero attached hydrogens (tertiary/aromatic N) is 1. The molecule has 1 N–H and O–H groups in total. The van der Waals surface area contributed by atoms with Crippen molar-refractivity contribution in [3.8, 4) is 23.0 Å². The van der Waals surface area contributed by atoms with Gasteiger partial charge in [0, 0.05) is 16.5 Å². The van der Waals surface area contributed by atoms with Crippen LogP contribution in [0.5, 0.6) is 23.0 Å². The molecule has 1 aromatic heterocycles. The second kappa shape index (κ2) is 8.86. The number of hydrogen-bond acceptors (Lipinski definition) is 8. The largest absolute Gasteiger partial charge is 0.493 e. The van der Waals surface area contributed by atoms with Crippen LogP contribution in [0.4, 0.5) is 0 Å². The van der Waals surface area contributed by atoms with Crippen LogP contribution in [0, 0.1) is 0 Å². The lowest BCUT2D eigenvalue weighted by molar-refractivity contribution is 0.103. The minimum atomic E-state index is -0.555. The van der Waals surface area contributed by atoms with Gasteiger partial charge in [-0.3, -0.25) is 4.79 Å². The lowest BCUT2D eigenvalue weighted by Gasteiger charge is -2.14. The number of ketones is 1. The molecule has 0 aliphatic heterocycles. The van der Waals surface area contributed by atoms with Gasteiger partial charge in [-0.05, 0) is 30.3 Å². The molecule has 0 saturated heterocycles. The Kier molecular flexibility index (Phi) is 6.26. The van der Waals surface area contributed by atoms with E-state index in [1.165, 1.54) is 27.4 Å². The Hall–Kier alpha value is -3.22. The van der Waals surface area contributed by atoms with Crippen molar-refractivity contribution in [2.45, 2.75) is 6.61 Å². The molecule has 0 aliphatic carbocycles. The van der Waals surface area contributed by atoms with Crippen molar-refractivity contribution >= 4 is 25.4 Å². The fourth-order valence-electron chi connectivity index (χ4n) is 2.98. The summed E-state index contributed by atoms with van der Waals surface area (Å²) in [6.45, 7) is -0.285. The Morgan fingerprint density at radius 1 is 1.00 bits per heavy atom. The molecule has 1 heterocycles. The molecule has 3 aromatic rings. The lowest BCUT2D eigenvalue weighted by atomic mass is 10.0. The van der Waals surface area contributed by atoms with E-state index in [1.807, 2.05) is 0 Å². The van der Waals surface area contributed by atoms with E-state index in [9.17, 15) is 14.5 Å². The highest BCUT2D eigenvalue weighted by Gasteiger charge is 2.20. The van der Waals surface area contributed by atoms with Crippen LogP contribution >= 0.6 is 8.69 Å². The smallest absolute Gasteiger partial charge is 0.395 e. The van der Waals surface area contributed by atoms with E-state index in [2.05, 4.69) is 4.98 Å². The van der Waals surface area contributed by atoms with E-state index in [-0.39, 0.29) is 23.8 Å². The highest BCUT2D eigenvalue weighted by atomic mass is 31.1. The summed E-state index contributed by atoms with van der Waals surface area (Å²) in [5, 5.41) is 9.97. The lowest BCUT2D eigenvalue weighted by Crippen LogP contribution is -2.06. The van der Waals surface area contributed by atoms with E-state index in [4.69, 9.17) is 18.7 Å². The van der Waals surface area contributed by atoms with Crippen molar-refractivity contribution in [1.29, 1.82) is 0 Å². The number of ether oxygens (including phenoxy) is 3. The van der Waals surface area contributed by atoms with Crippen molar-refractivity contribution < 1.29 is 33.2 Å². The molecule has 9 heteroatoms. The fraction of sp³-hybridized carbons (Fsp3) is 0.200. The predicted molar refractivity (Wildman–Crippen MR) is 105 cm³/mol. The molecule has 0 amide bonds. The molecule has 8 nitrogen and oxygen atoms in total. The number of hydrogen-bond donors (Lipinski definition) is 1. The molecule has 0 radical (unpaired) electrons. The highest BCUT2D eigenvalue weighted by molar-refractivity contribution is 7.17. The Labute approximate surface area is 168 Å². The number of methoxy groups -OCH3 is 3. The van der Waals surface area contributed by atoms with Crippen molar-refractivity contribution in [2.24, 2.45) is 0 Å². The number of benzene rings is 2. The zero-order chi connectivity index (χ0) is 21.0. The predicted octanol–water partition coefficient (Wildman–Crippen LogP) is 3.57. The van der Waals surface area contributed by atoms with E-state index < -0.39 is 8.69 Å². The second-order valence-electron chi connectivity index (χ2n) is 5.88. The van der Waals surface area contributed by atoms with Crippen LogP contribution < -0.4 is 18.7 Å². The van der Waals surface area contributed by atoms with Crippen molar-refractivity contribution in [3.63, 3.8) is 0 Å². The van der Waals surface area contributed by atoms with Gasteiger partial charge in [0.1, 0.15) is 11.4 Å². The summed E-state index contributed by atoms with van der Waals surface area (Å²) in [6, 6.07) is 9.52. The first-order valence-electron chi connectivity index (χ1n) is 8.45. The fourth-order valence-corrected chi connectivity index (χ4v) is 3.27. The van der Waals surface area contributed by atoms with Crippen LogP contribution in [-0.4, -0.2) is 37.2 Å². The van der Waals surface area contributed by atoms with Gasteiger partial charge in [-0.25, -0.2) is 9.55 Å². The van der Waals surface area contributed by atoms with E-state index in [0.717, 1.165) is 0 Å². The van der Waals surface area contributed by atoms with Crippen LogP contribution in [0.15, 0.2) is 36.4 Å². The van der Waals surface area contributed by atoms with Gasteiger partial charge in [0.05, 0.1) is 33.5 Å². The van der Waals surface area contributed by atoms with Crippen molar-refractivity contribution in [2.75, 3.05) is 21.3 Å². The van der Waals surface area contributed by atoms with Crippen LogP contribution in [0.3, 0.4) is 0 Å². The zero-order valence-electron chi connectivity index (χ0n) is 16.0. The molecule has 0 atom stereocenters. The first-order valence-corrected chi connectivity index (χ1v) is 9.18. The summed E-state index contributed by atoms with van der Waals surface area (Å²) in [5.74, 6) is 0.998. The molecule has 0 saturated carbocycles. The summed E-state index contributed by atoms with van der Waals surface area (Å²) < 4.78 is 31.9. The summed E-state index contributed by atoms with van der Waals surface area (Å²) in [5.41, 5.74) is 1.42. The molecule has 0 unspecified atom stereocenters. The molecule has 0 fully saturated rings. The van der Waals surface area contributed by atoms with E-state index in [0.29, 0.717) is 39.3 Å². The van der Waals surface area contributed by atoms with E-state index >= 15 is 0 Å². The van der Waals surface area contributed by atoms with Crippen LogP contribution in [0.1, 0.15) is 21.6 Å². The molecule has 3 rings (SSSR count). The third kappa shape index (κ3) is 3.85. The summed E-state index contributed by atoms with van der Waals surface area (Å²) >= 11 is 0. The Balaban J connectivity index is 2.09. The van der Waals surface area contributed by atoms with Crippen LogP contribution in [0.2, 0.25) is 0 Å². The van der Waals surface area contributed by atoms with Crippen molar-refractivity contribution in [3.05, 3.63) is 53.2 Å². The number of aromatic nitrogens is 1. The molecule has 150 valence electrons. The van der Waals surface area contributed by atoms with Crippen molar-refractivity contribution in [1.82, 2.24) is 4.98 Å². The molecule has 2 aromatic carbocycles. The third-order valence-corrected chi connectivity index (χ3v) is 4.62. The zero-order valence-corrected chi connectivity index (χ0v) is 16.9. The molecule has 29 heavy (non-hydrogen) atoms. The quantitative estimate of drug-likeness (QED) is 0.440. The van der Waals surface area contributed by atoms with Crippen LogP contribution in [-0.2, 0) is 11.2 Å². The molecule has 0 aliphatic rings. The monoisotopic (exact) mass is 415 g/mol. The molecule has 0 bridgehead atoms. The number of carbonyl (C=O) groups excluding carboxylic acids is 1. The maximum atomic E-state index is 13.0. The number of carbonyl (C=O) groups is 1. The van der Waals surface area contributed by atoms with Gasteiger partial charge in [-0.2, -0.15) is 0 Å². The Morgan fingerprint density at radius 2 is 1.69 bits per heavy atom. The van der Waals surface area contributed by atoms with Gasteiger partial charge < -0.3 is 23.8 Å². The Morgan fingerprint density at radius 3 is 2.24 bits per heavy atom. The standard InChI is InChI=1S/C20H18NO7P/c1-25-16-8-12(9-17(26-2)20(16)27-3)18(23)15-7-5-13-14(21-15)6-4-11(10-22)19(13)28-29-24/h4-9,22H,10H2,1-3H3. The Bertz CT molecular complexity index is 1060.